The van der Waals surface area contributed by atoms with Crippen molar-refractivity contribution in [1.29, 1.82) is 0 Å². The van der Waals surface area contributed by atoms with E-state index in [1.807, 2.05) is 18.2 Å². The first-order valence-electron chi connectivity index (χ1n) is 5.77. The van der Waals surface area contributed by atoms with Gasteiger partial charge >= 0.3 is 0 Å². The van der Waals surface area contributed by atoms with Crippen LogP contribution in [-0.2, 0) is 11.3 Å². The number of ether oxygens (including phenoxy) is 1. The Morgan fingerprint density at radius 3 is 2.76 bits per heavy atom. The van der Waals surface area contributed by atoms with Crippen molar-refractivity contribution in [1.82, 2.24) is 5.32 Å². The van der Waals surface area contributed by atoms with Crippen LogP contribution in [0.3, 0.4) is 0 Å². The average Bonchev–Trinajstić information content (AvgIpc) is 2.28. The molecule has 0 amide bonds. The van der Waals surface area contributed by atoms with E-state index in [0.717, 1.165) is 31.1 Å². The quantitative estimate of drug-likeness (QED) is 0.733. The van der Waals surface area contributed by atoms with Crippen molar-refractivity contribution in [3.05, 3.63) is 34.9 Å². The number of rotatable bonds is 8. The van der Waals surface area contributed by atoms with Gasteiger partial charge < -0.3 is 10.1 Å². The Bertz CT molecular complexity index is 295. The second-order valence-electron chi connectivity index (χ2n) is 3.86. The van der Waals surface area contributed by atoms with Crippen molar-refractivity contribution in [2.75, 3.05) is 20.3 Å². The van der Waals surface area contributed by atoms with Crippen molar-refractivity contribution in [2.45, 2.75) is 25.8 Å². The summed E-state index contributed by atoms with van der Waals surface area (Å²) in [6, 6.07) is 7.97. The zero-order chi connectivity index (χ0) is 11.6. The molecule has 1 N–H and O–H groups in total. The third kappa shape index (κ3) is 8.44. The number of nitrogens with one attached hydrogen (secondary N) is 1. The van der Waals surface area contributed by atoms with Crippen LogP contribution < -0.4 is 5.32 Å². The minimum Gasteiger partial charge on any atom is -0.385 e. The molecule has 0 atom stereocenters. The van der Waals surface area contributed by atoms with Gasteiger partial charge in [0.15, 0.2) is 0 Å². The van der Waals surface area contributed by atoms with Crippen LogP contribution in [0.1, 0.15) is 24.8 Å². The number of unbranched alkanes of at least 4 members (excludes halogenated alkanes) is 2. The van der Waals surface area contributed by atoms with E-state index >= 15 is 0 Å². The standard InChI is InChI=1S/C13H20ClNO.ClH/c1-16-9-4-2-3-8-15-11-12-6-5-7-13(14)10-12;/h5-7,10,15H,2-4,8-9,11H2,1H3;1H. The second kappa shape index (κ2) is 10.8. The topological polar surface area (TPSA) is 21.3 Å². The lowest BCUT2D eigenvalue weighted by atomic mass is 10.2. The maximum absolute atomic E-state index is 5.90. The van der Waals surface area contributed by atoms with Crippen molar-refractivity contribution < 1.29 is 4.74 Å². The Kier molecular flexibility index (Phi) is 10.7. The fourth-order valence-corrected chi connectivity index (χ4v) is 1.77. The van der Waals surface area contributed by atoms with Crippen LogP contribution >= 0.6 is 24.0 Å². The lowest BCUT2D eigenvalue weighted by molar-refractivity contribution is 0.192. The van der Waals surface area contributed by atoms with Gasteiger partial charge in [0.1, 0.15) is 0 Å². The van der Waals surface area contributed by atoms with Gasteiger partial charge in [-0.25, -0.2) is 0 Å². The predicted octanol–water partition coefficient (Wildman–Crippen LogP) is 3.67. The van der Waals surface area contributed by atoms with E-state index in [1.54, 1.807) is 7.11 Å². The van der Waals surface area contributed by atoms with Crippen molar-refractivity contribution in [2.24, 2.45) is 0 Å². The van der Waals surface area contributed by atoms with E-state index in [0.29, 0.717) is 0 Å². The summed E-state index contributed by atoms with van der Waals surface area (Å²) in [7, 11) is 1.75. The molecule has 0 heterocycles. The highest BCUT2D eigenvalue weighted by Crippen LogP contribution is 2.10. The Hall–Kier alpha value is -0.280. The Morgan fingerprint density at radius 1 is 1.24 bits per heavy atom. The molecule has 2 nitrogen and oxygen atoms in total. The van der Waals surface area contributed by atoms with Crippen LogP contribution in [0.15, 0.2) is 24.3 Å². The molecule has 0 aliphatic carbocycles. The summed E-state index contributed by atoms with van der Waals surface area (Å²) in [6.45, 7) is 2.81. The lowest BCUT2D eigenvalue weighted by Gasteiger charge is -2.05. The fourth-order valence-electron chi connectivity index (χ4n) is 1.55. The van der Waals surface area contributed by atoms with Crippen LogP contribution in [0.2, 0.25) is 5.02 Å². The third-order valence-electron chi connectivity index (χ3n) is 2.42. The van der Waals surface area contributed by atoms with Gasteiger partial charge in [-0.3, -0.25) is 0 Å². The Labute approximate surface area is 115 Å². The number of hydrogen-bond donors (Lipinski definition) is 1. The molecule has 0 saturated heterocycles. The zero-order valence-corrected chi connectivity index (χ0v) is 11.8. The number of methoxy groups -OCH3 is 1. The van der Waals surface area contributed by atoms with Crippen LogP contribution in [0.5, 0.6) is 0 Å². The molecule has 98 valence electrons. The predicted molar refractivity (Wildman–Crippen MR) is 76.1 cm³/mol. The summed E-state index contributed by atoms with van der Waals surface area (Å²) >= 11 is 5.90. The summed E-state index contributed by atoms with van der Waals surface area (Å²) < 4.78 is 5.00. The van der Waals surface area contributed by atoms with Crippen LogP contribution in [0, 0.1) is 0 Å². The molecule has 0 aromatic heterocycles. The fraction of sp³-hybridized carbons (Fsp3) is 0.538. The van der Waals surface area contributed by atoms with E-state index in [2.05, 4.69) is 11.4 Å². The smallest absolute Gasteiger partial charge is 0.0462 e. The second-order valence-corrected chi connectivity index (χ2v) is 4.30. The van der Waals surface area contributed by atoms with Gasteiger partial charge in [0.05, 0.1) is 0 Å². The van der Waals surface area contributed by atoms with Gasteiger partial charge in [0, 0.05) is 25.3 Å². The molecule has 0 aliphatic heterocycles. The molecule has 1 rings (SSSR count). The minimum absolute atomic E-state index is 0. The third-order valence-corrected chi connectivity index (χ3v) is 2.66. The van der Waals surface area contributed by atoms with Crippen molar-refractivity contribution >= 4 is 24.0 Å². The summed E-state index contributed by atoms with van der Waals surface area (Å²) in [5.41, 5.74) is 1.24. The minimum atomic E-state index is 0. The largest absolute Gasteiger partial charge is 0.385 e. The molecule has 4 heteroatoms. The van der Waals surface area contributed by atoms with Gasteiger partial charge in [0.2, 0.25) is 0 Å². The normalized spacial score (nSPS) is 10.0. The molecule has 0 aliphatic rings. The summed E-state index contributed by atoms with van der Waals surface area (Å²) in [5, 5.41) is 4.21. The number of hydrogen-bond acceptors (Lipinski definition) is 2. The summed E-state index contributed by atoms with van der Waals surface area (Å²) in [6.07, 6.45) is 3.57. The highest BCUT2D eigenvalue weighted by atomic mass is 35.5. The van der Waals surface area contributed by atoms with Crippen LogP contribution in [-0.4, -0.2) is 20.3 Å². The summed E-state index contributed by atoms with van der Waals surface area (Å²) in [4.78, 5) is 0. The molecular weight excluding hydrogens is 257 g/mol. The molecule has 1 aromatic rings. The van der Waals surface area contributed by atoms with Crippen LogP contribution in [0.25, 0.3) is 0 Å². The van der Waals surface area contributed by atoms with Crippen molar-refractivity contribution in [3.8, 4) is 0 Å². The van der Waals surface area contributed by atoms with Gasteiger partial charge in [-0.15, -0.1) is 12.4 Å². The van der Waals surface area contributed by atoms with Crippen molar-refractivity contribution in [3.63, 3.8) is 0 Å². The molecule has 0 fully saturated rings. The average molecular weight is 278 g/mol. The van der Waals surface area contributed by atoms with Gasteiger partial charge in [-0.2, -0.15) is 0 Å². The number of halogens is 2. The molecule has 17 heavy (non-hydrogen) atoms. The highest BCUT2D eigenvalue weighted by molar-refractivity contribution is 6.30. The maximum atomic E-state index is 5.90. The van der Waals surface area contributed by atoms with E-state index < -0.39 is 0 Å². The Balaban J connectivity index is 0.00000256. The molecule has 0 spiro atoms. The van der Waals surface area contributed by atoms with E-state index in [-0.39, 0.29) is 12.4 Å². The first-order chi connectivity index (χ1) is 7.83. The van der Waals surface area contributed by atoms with E-state index in [1.165, 1.54) is 18.4 Å². The lowest BCUT2D eigenvalue weighted by Crippen LogP contribution is -2.14. The number of benzene rings is 1. The highest BCUT2D eigenvalue weighted by Gasteiger charge is 1.94. The van der Waals surface area contributed by atoms with E-state index in [4.69, 9.17) is 16.3 Å². The van der Waals surface area contributed by atoms with Gasteiger partial charge in [-0.1, -0.05) is 23.7 Å². The molecule has 0 bridgehead atoms. The molecule has 1 aromatic carbocycles. The Morgan fingerprint density at radius 2 is 2.06 bits per heavy atom. The maximum Gasteiger partial charge on any atom is 0.0462 e. The van der Waals surface area contributed by atoms with Gasteiger partial charge in [-0.05, 0) is 43.5 Å². The first-order valence-corrected chi connectivity index (χ1v) is 6.15. The molecule has 0 unspecified atom stereocenters. The monoisotopic (exact) mass is 277 g/mol. The molecule has 0 radical (unpaired) electrons. The first kappa shape index (κ1) is 16.7. The van der Waals surface area contributed by atoms with E-state index in [9.17, 15) is 0 Å². The van der Waals surface area contributed by atoms with Gasteiger partial charge in [0.25, 0.3) is 0 Å². The molecule has 0 saturated carbocycles. The summed E-state index contributed by atoms with van der Waals surface area (Å²) in [5.74, 6) is 0. The zero-order valence-electron chi connectivity index (χ0n) is 10.2. The SMILES string of the molecule is COCCCCCNCc1cccc(Cl)c1.Cl. The molecular formula is C13H21Cl2NO. The van der Waals surface area contributed by atoms with Crippen LogP contribution in [0.4, 0.5) is 0 Å².